The van der Waals surface area contributed by atoms with Crippen molar-refractivity contribution in [1.82, 2.24) is 9.55 Å². The van der Waals surface area contributed by atoms with Gasteiger partial charge in [0.1, 0.15) is 5.82 Å². The molecule has 3 aromatic carbocycles. The number of aromatic nitrogens is 2. The molecular weight excluding hydrogens is 376 g/mol. The minimum Gasteiger partial charge on any atom is -0.299 e. The number of hydrogen-bond donors (Lipinski definition) is 0. The number of para-hydroxylation sites is 1. The first kappa shape index (κ1) is 21.1. The molecule has 158 valence electrons. The second-order valence-electron chi connectivity index (χ2n) is 8.49. The molecule has 0 N–H and O–H groups in total. The van der Waals surface area contributed by atoms with Crippen LogP contribution in [0.4, 0.5) is 0 Å². The fraction of sp³-hybridized carbons (Fsp3) is 0.276. The normalized spacial score (nSPS) is 11.3. The average molecular weight is 409 g/mol. The fourth-order valence-electron chi connectivity index (χ4n) is 4.45. The first-order valence-electron chi connectivity index (χ1n) is 11.4. The van der Waals surface area contributed by atoms with Crippen molar-refractivity contribution in [1.29, 1.82) is 0 Å². The Bertz CT molecular complexity index is 1130. The molecule has 0 spiro atoms. The largest absolute Gasteiger partial charge is 0.299 e. The third-order valence-corrected chi connectivity index (χ3v) is 6.08. The third kappa shape index (κ3) is 4.34. The summed E-state index contributed by atoms with van der Waals surface area (Å²) in [5.74, 6) is 1.47. The Morgan fingerprint density at radius 1 is 0.806 bits per heavy atom. The first-order chi connectivity index (χ1) is 15.1. The van der Waals surface area contributed by atoms with Crippen LogP contribution in [-0.2, 0) is 19.3 Å². The molecule has 0 radical (unpaired) electrons. The number of nitrogens with zero attached hydrogens (tertiary/aromatic N) is 2. The predicted molar refractivity (Wildman–Crippen MR) is 131 cm³/mol. The average Bonchev–Trinajstić information content (AvgIpc) is 3.28. The molecule has 0 fully saturated rings. The molecule has 31 heavy (non-hydrogen) atoms. The number of benzene rings is 3. The maximum absolute atomic E-state index is 4.87. The summed E-state index contributed by atoms with van der Waals surface area (Å²) in [4.78, 5) is 4.87. The van der Waals surface area contributed by atoms with Gasteiger partial charge in [0.25, 0.3) is 0 Å². The van der Waals surface area contributed by atoms with Crippen LogP contribution in [-0.4, -0.2) is 9.55 Å². The van der Waals surface area contributed by atoms with Gasteiger partial charge >= 0.3 is 0 Å². The van der Waals surface area contributed by atoms with Crippen molar-refractivity contribution in [3.8, 4) is 17.1 Å². The molecule has 4 aromatic rings. The van der Waals surface area contributed by atoms with E-state index in [2.05, 4.69) is 105 Å². The molecular formula is C29H32N2. The number of hydrogen-bond acceptors (Lipinski definition) is 1. The number of rotatable bonds is 7. The molecule has 0 atom stereocenters. The lowest BCUT2D eigenvalue weighted by Gasteiger charge is -2.19. The smallest absolute Gasteiger partial charge is 0.144 e. The lowest BCUT2D eigenvalue weighted by Crippen LogP contribution is -2.06. The Morgan fingerprint density at radius 3 is 2.16 bits per heavy atom. The Balaban J connectivity index is 1.86. The van der Waals surface area contributed by atoms with E-state index in [9.17, 15) is 0 Å². The van der Waals surface area contributed by atoms with Gasteiger partial charge in [-0.2, -0.15) is 0 Å². The maximum atomic E-state index is 4.87. The van der Waals surface area contributed by atoms with E-state index in [1.807, 2.05) is 6.20 Å². The summed E-state index contributed by atoms with van der Waals surface area (Å²) in [5, 5.41) is 0. The monoisotopic (exact) mass is 408 g/mol. The SMILES string of the molecule is CCc1cccc(CC)c1-n1ccnc1-c1cc(Cc2ccccc2)ccc1C(C)C. The Kier molecular flexibility index (Phi) is 6.36. The van der Waals surface area contributed by atoms with E-state index in [0.29, 0.717) is 5.92 Å². The van der Waals surface area contributed by atoms with Gasteiger partial charge in [-0.05, 0) is 59.1 Å². The van der Waals surface area contributed by atoms with Crippen molar-refractivity contribution in [3.63, 3.8) is 0 Å². The second-order valence-corrected chi connectivity index (χ2v) is 8.49. The molecule has 4 rings (SSSR count). The summed E-state index contributed by atoms with van der Waals surface area (Å²) in [7, 11) is 0. The fourth-order valence-corrected chi connectivity index (χ4v) is 4.45. The van der Waals surface area contributed by atoms with Crippen LogP contribution in [0.15, 0.2) is 79.1 Å². The molecule has 0 saturated heterocycles. The first-order valence-corrected chi connectivity index (χ1v) is 11.4. The van der Waals surface area contributed by atoms with Crippen molar-refractivity contribution < 1.29 is 0 Å². The zero-order chi connectivity index (χ0) is 21.8. The highest BCUT2D eigenvalue weighted by Crippen LogP contribution is 2.33. The van der Waals surface area contributed by atoms with Gasteiger partial charge in [0, 0.05) is 18.0 Å². The molecule has 2 heteroatoms. The minimum atomic E-state index is 0.429. The van der Waals surface area contributed by atoms with Crippen LogP contribution in [0.25, 0.3) is 17.1 Å². The van der Waals surface area contributed by atoms with Crippen LogP contribution >= 0.6 is 0 Å². The molecule has 0 unspecified atom stereocenters. The second kappa shape index (κ2) is 9.34. The topological polar surface area (TPSA) is 17.8 Å². The van der Waals surface area contributed by atoms with Gasteiger partial charge < -0.3 is 0 Å². The van der Waals surface area contributed by atoms with Crippen LogP contribution < -0.4 is 0 Å². The highest BCUT2D eigenvalue weighted by atomic mass is 15.1. The van der Waals surface area contributed by atoms with Crippen molar-refractivity contribution in [2.75, 3.05) is 0 Å². The van der Waals surface area contributed by atoms with E-state index >= 15 is 0 Å². The highest BCUT2D eigenvalue weighted by Gasteiger charge is 2.18. The van der Waals surface area contributed by atoms with Crippen molar-refractivity contribution in [2.45, 2.75) is 52.9 Å². The summed E-state index contributed by atoms with van der Waals surface area (Å²) in [6.07, 6.45) is 7.00. The molecule has 0 saturated carbocycles. The van der Waals surface area contributed by atoms with E-state index in [4.69, 9.17) is 4.98 Å². The minimum absolute atomic E-state index is 0.429. The lowest BCUT2D eigenvalue weighted by atomic mass is 9.92. The van der Waals surface area contributed by atoms with Crippen LogP contribution in [0.5, 0.6) is 0 Å². The summed E-state index contributed by atoms with van der Waals surface area (Å²) < 4.78 is 2.31. The van der Waals surface area contributed by atoms with Crippen LogP contribution in [0.2, 0.25) is 0 Å². The van der Waals surface area contributed by atoms with Crippen molar-refractivity contribution >= 4 is 0 Å². The van der Waals surface area contributed by atoms with Crippen LogP contribution in [0.1, 0.15) is 61.4 Å². The summed E-state index contributed by atoms with van der Waals surface area (Å²) in [5.41, 5.74) is 9.26. The quantitative estimate of drug-likeness (QED) is 0.312. The highest BCUT2D eigenvalue weighted by molar-refractivity contribution is 5.67. The molecule has 2 nitrogen and oxygen atoms in total. The Labute approximate surface area is 186 Å². The van der Waals surface area contributed by atoms with Gasteiger partial charge in [-0.15, -0.1) is 0 Å². The van der Waals surface area contributed by atoms with Crippen molar-refractivity contribution in [2.24, 2.45) is 0 Å². The van der Waals surface area contributed by atoms with Gasteiger partial charge in [-0.3, -0.25) is 4.57 Å². The van der Waals surface area contributed by atoms with E-state index in [-0.39, 0.29) is 0 Å². The van der Waals surface area contributed by atoms with Gasteiger partial charge in [0.15, 0.2) is 0 Å². The van der Waals surface area contributed by atoms with E-state index in [1.165, 1.54) is 39.1 Å². The van der Waals surface area contributed by atoms with Crippen molar-refractivity contribution in [3.05, 3.63) is 107 Å². The molecule has 0 aliphatic rings. The van der Waals surface area contributed by atoms with Gasteiger partial charge in [-0.1, -0.05) is 88.4 Å². The van der Waals surface area contributed by atoms with Gasteiger partial charge in [0.2, 0.25) is 0 Å². The molecule has 0 aliphatic heterocycles. The summed E-state index contributed by atoms with van der Waals surface area (Å²) in [6, 6.07) is 24.3. The van der Waals surface area contributed by atoms with Gasteiger partial charge in [0.05, 0.1) is 5.69 Å². The summed E-state index contributed by atoms with van der Waals surface area (Å²) >= 11 is 0. The Morgan fingerprint density at radius 2 is 1.52 bits per heavy atom. The predicted octanol–water partition coefficient (Wildman–Crippen LogP) is 7.38. The molecule has 0 aliphatic carbocycles. The zero-order valence-electron chi connectivity index (χ0n) is 19.1. The number of imidazole rings is 1. The third-order valence-electron chi connectivity index (χ3n) is 6.08. The molecule has 1 aromatic heterocycles. The van der Waals surface area contributed by atoms with Crippen LogP contribution in [0.3, 0.4) is 0 Å². The van der Waals surface area contributed by atoms with E-state index in [0.717, 1.165) is 25.1 Å². The lowest BCUT2D eigenvalue weighted by molar-refractivity contribution is 0.862. The van der Waals surface area contributed by atoms with E-state index < -0.39 is 0 Å². The molecule has 0 bridgehead atoms. The Hall–Kier alpha value is -3.13. The van der Waals surface area contributed by atoms with Gasteiger partial charge in [-0.25, -0.2) is 4.98 Å². The molecule has 1 heterocycles. The standard InChI is InChI=1S/C29H32N2/c1-5-24-13-10-14-25(6-2)28(24)31-18-17-30-29(31)27-20-23(15-16-26(27)21(3)4)19-22-11-8-7-9-12-22/h7-18,20-21H,5-6,19H2,1-4H3. The summed E-state index contributed by atoms with van der Waals surface area (Å²) in [6.45, 7) is 8.99. The maximum Gasteiger partial charge on any atom is 0.144 e. The van der Waals surface area contributed by atoms with E-state index in [1.54, 1.807) is 0 Å². The molecule has 0 amide bonds. The number of aryl methyl sites for hydroxylation is 2. The van der Waals surface area contributed by atoms with Crippen LogP contribution in [0, 0.1) is 0 Å². The zero-order valence-corrected chi connectivity index (χ0v) is 19.1.